The number of hydrogen-bond acceptors (Lipinski definition) is 2. The topological polar surface area (TPSA) is 12.0 Å². The number of rotatable bonds is 4. The molecule has 0 aliphatic rings. The van der Waals surface area contributed by atoms with Crippen molar-refractivity contribution in [3.63, 3.8) is 0 Å². The quantitative estimate of drug-likeness (QED) is 0.710. The van der Waals surface area contributed by atoms with E-state index < -0.39 is 0 Å². The fraction of sp³-hybridized carbons (Fsp3) is 0.231. The SMILES string of the molecule is CNC(Cc1cccc(Br)c1)c1cc(Cl)c(Br)s1. The molecule has 0 amide bonds. The first-order valence-electron chi connectivity index (χ1n) is 5.46. The lowest BCUT2D eigenvalue weighted by Crippen LogP contribution is -2.17. The summed E-state index contributed by atoms with van der Waals surface area (Å²) in [6, 6.07) is 10.7. The van der Waals surface area contributed by atoms with E-state index in [0.717, 1.165) is 19.7 Å². The Balaban J connectivity index is 2.19. The zero-order valence-corrected chi connectivity index (χ0v) is 14.5. The van der Waals surface area contributed by atoms with Crippen molar-refractivity contribution in [1.82, 2.24) is 5.32 Å². The molecule has 1 unspecified atom stereocenters. The van der Waals surface area contributed by atoms with Gasteiger partial charge in [-0.2, -0.15) is 0 Å². The maximum absolute atomic E-state index is 6.09. The summed E-state index contributed by atoms with van der Waals surface area (Å²) in [5.74, 6) is 0. The summed E-state index contributed by atoms with van der Waals surface area (Å²) in [6.45, 7) is 0. The number of benzene rings is 1. The van der Waals surface area contributed by atoms with Crippen LogP contribution in [0.5, 0.6) is 0 Å². The molecule has 0 aliphatic heterocycles. The lowest BCUT2D eigenvalue weighted by molar-refractivity contribution is 0.602. The Bertz CT molecular complexity index is 522. The first-order valence-corrected chi connectivity index (χ1v) is 8.24. The molecule has 0 bridgehead atoms. The van der Waals surface area contributed by atoms with Crippen LogP contribution in [0, 0.1) is 0 Å². The molecule has 1 N–H and O–H groups in total. The van der Waals surface area contributed by atoms with Gasteiger partial charge in [0.25, 0.3) is 0 Å². The number of nitrogens with one attached hydrogen (secondary N) is 1. The Morgan fingerprint density at radius 1 is 1.33 bits per heavy atom. The summed E-state index contributed by atoms with van der Waals surface area (Å²) >= 11 is 14.7. The second-order valence-electron chi connectivity index (χ2n) is 3.95. The van der Waals surface area contributed by atoms with Crippen LogP contribution in [-0.4, -0.2) is 7.05 Å². The van der Waals surface area contributed by atoms with Crippen LogP contribution in [0.4, 0.5) is 0 Å². The maximum Gasteiger partial charge on any atom is 0.0887 e. The number of likely N-dealkylation sites (N-methyl/N-ethyl adjacent to an activating group) is 1. The molecule has 1 aromatic heterocycles. The summed E-state index contributed by atoms with van der Waals surface area (Å²) in [4.78, 5) is 1.24. The van der Waals surface area contributed by atoms with E-state index in [1.54, 1.807) is 11.3 Å². The molecular weight excluding hydrogens is 397 g/mol. The maximum atomic E-state index is 6.09. The minimum Gasteiger partial charge on any atom is -0.312 e. The summed E-state index contributed by atoms with van der Waals surface area (Å²) in [5, 5.41) is 4.12. The molecule has 1 atom stereocenters. The van der Waals surface area contributed by atoms with E-state index in [9.17, 15) is 0 Å². The highest BCUT2D eigenvalue weighted by atomic mass is 79.9. The zero-order chi connectivity index (χ0) is 13.1. The van der Waals surface area contributed by atoms with Gasteiger partial charge in [-0.3, -0.25) is 0 Å². The van der Waals surface area contributed by atoms with E-state index in [-0.39, 0.29) is 6.04 Å². The molecule has 1 aromatic carbocycles. The number of halogens is 3. The largest absolute Gasteiger partial charge is 0.312 e. The summed E-state index contributed by atoms with van der Waals surface area (Å²) in [6.07, 6.45) is 0.944. The Kier molecular flexibility index (Phi) is 5.27. The molecule has 0 radical (unpaired) electrons. The van der Waals surface area contributed by atoms with Gasteiger partial charge >= 0.3 is 0 Å². The molecule has 2 rings (SSSR count). The Hall–Kier alpha value is 0.130. The molecule has 5 heteroatoms. The molecule has 1 nitrogen and oxygen atoms in total. The van der Waals surface area contributed by atoms with E-state index in [1.807, 2.05) is 19.2 Å². The van der Waals surface area contributed by atoms with Gasteiger partial charge in [-0.15, -0.1) is 11.3 Å². The predicted octanol–water partition coefficient (Wildman–Crippen LogP) is 5.43. The van der Waals surface area contributed by atoms with Crippen molar-refractivity contribution in [2.24, 2.45) is 0 Å². The monoisotopic (exact) mass is 407 g/mol. The van der Waals surface area contributed by atoms with Crippen LogP contribution in [0.2, 0.25) is 5.02 Å². The third-order valence-electron chi connectivity index (χ3n) is 2.68. The summed E-state index contributed by atoms with van der Waals surface area (Å²) in [5.41, 5.74) is 1.30. The third kappa shape index (κ3) is 3.58. The molecule has 0 aliphatic carbocycles. The van der Waals surface area contributed by atoms with E-state index in [4.69, 9.17) is 11.6 Å². The van der Waals surface area contributed by atoms with Crippen molar-refractivity contribution >= 4 is 54.8 Å². The highest BCUT2D eigenvalue weighted by molar-refractivity contribution is 9.11. The fourth-order valence-corrected chi connectivity index (χ4v) is 4.08. The summed E-state index contributed by atoms with van der Waals surface area (Å²) in [7, 11) is 1.98. The number of hydrogen-bond donors (Lipinski definition) is 1. The fourth-order valence-electron chi connectivity index (χ4n) is 1.78. The standard InChI is InChI=1S/C13H12Br2ClNS/c1-17-11(12-7-10(16)13(15)18-12)6-8-3-2-4-9(14)5-8/h2-5,7,11,17H,6H2,1H3. The van der Waals surface area contributed by atoms with Crippen LogP contribution in [0.1, 0.15) is 16.5 Å². The Morgan fingerprint density at radius 3 is 2.67 bits per heavy atom. The first kappa shape index (κ1) is 14.5. The third-order valence-corrected chi connectivity index (χ3v) is 5.77. The van der Waals surface area contributed by atoms with Gasteiger partial charge in [0.15, 0.2) is 0 Å². The van der Waals surface area contributed by atoms with Crippen LogP contribution in [0.15, 0.2) is 38.6 Å². The van der Waals surface area contributed by atoms with Crippen LogP contribution in [0.25, 0.3) is 0 Å². The van der Waals surface area contributed by atoms with Crippen molar-refractivity contribution in [2.45, 2.75) is 12.5 Å². The first-order chi connectivity index (χ1) is 8.60. The van der Waals surface area contributed by atoms with Crippen molar-refractivity contribution in [2.75, 3.05) is 7.05 Å². The molecule has 18 heavy (non-hydrogen) atoms. The van der Waals surface area contributed by atoms with E-state index in [1.165, 1.54) is 10.4 Å². The smallest absolute Gasteiger partial charge is 0.0887 e. The predicted molar refractivity (Wildman–Crippen MR) is 86.7 cm³/mol. The molecule has 1 heterocycles. The highest BCUT2D eigenvalue weighted by Crippen LogP contribution is 2.36. The minimum absolute atomic E-state index is 0.285. The lowest BCUT2D eigenvalue weighted by Gasteiger charge is -2.14. The second-order valence-corrected chi connectivity index (χ2v) is 7.67. The van der Waals surface area contributed by atoms with Gasteiger partial charge in [-0.1, -0.05) is 39.7 Å². The van der Waals surface area contributed by atoms with Gasteiger partial charge in [-0.05, 0) is 53.2 Å². The molecule has 0 fully saturated rings. The van der Waals surface area contributed by atoms with Crippen LogP contribution < -0.4 is 5.32 Å². The van der Waals surface area contributed by atoms with Gasteiger partial charge in [0.1, 0.15) is 0 Å². The van der Waals surface area contributed by atoms with Crippen molar-refractivity contribution in [1.29, 1.82) is 0 Å². The average molecular weight is 410 g/mol. The highest BCUT2D eigenvalue weighted by Gasteiger charge is 2.15. The van der Waals surface area contributed by atoms with Gasteiger partial charge in [0.2, 0.25) is 0 Å². The molecular formula is C13H12Br2ClNS. The van der Waals surface area contributed by atoms with Gasteiger partial charge < -0.3 is 5.32 Å². The van der Waals surface area contributed by atoms with Crippen molar-refractivity contribution < 1.29 is 0 Å². The second kappa shape index (κ2) is 6.53. The van der Waals surface area contributed by atoms with Gasteiger partial charge in [0.05, 0.1) is 8.81 Å². The van der Waals surface area contributed by atoms with Gasteiger partial charge in [-0.25, -0.2) is 0 Å². The molecule has 0 saturated carbocycles. The van der Waals surface area contributed by atoms with E-state index >= 15 is 0 Å². The normalized spacial score (nSPS) is 12.7. The Morgan fingerprint density at radius 2 is 2.11 bits per heavy atom. The average Bonchev–Trinajstić information content (AvgIpc) is 2.66. The van der Waals surface area contributed by atoms with E-state index in [0.29, 0.717) is 0 Å². The Labute approximate surface area is 133 Å². The van der Waals surface area contributed by atoms with Crippen LogP contribution in [-0.2, 0) is 6.42 Å². The summed E-state index contributed by atoms with van der Waals surface area (Å²) < 4.78 is 2.11. The lowest BCUT2D eigenvalue weighted by atomic mass is 10.1. The van der Waals surface area contributed by atoms with E-state index in [2.05, 4.69) is 55.4 Å². The zero-order valence-electron chi connectivity index (χ0n) is 9.71. The van der Waals surface area contributed by atoms with Crippen LogP contribution >= 0.6 is 54.8 Å². The van der Waals surface area contributed by atoms with Crippen LogP contribution in [0.3, 0.4) is 0 Å². The van der Waals surface area contributed by atoms with Gasteiger partial charge in [0, 0.05) is 15.4 Å². The molecule has 0 spiro atoms. The molecule has 0 saturated heterocycles. The molecule has 2 aromatic rings. The van der Waals surface area contributed by atoms with Crippen molar-refractivity contribution in [3.05, 3.63) is 54.1 Å². The molecule has 96 valence electrons. The minimum atomic E-state index is 0.285. The van der Waals surface area contributed by atoms with Crippen molar-refractivity contribution in [3.8, 4) is 0 Å². The number of thiophene rings is 1.